The smallest absolute Gasteiger partial charge is 0.370 e. The second-order valence-corrected chi connectivity index (χ2v) is 7.86. The molecule has 3 amide bonds. The van der Waals surface area contributed by atoms with Gasteiger partial charge in [0.1, 0.15) is 6.61 Å². The van der Waals surface area contributed by atoms with Gasteiger partial charge >= 0.3 is 6.18 Å². The second-order valence-electron chi connectivity index (χ2n) is 7.86. The van der Waals surface area contributed by atoms with Crippen LogP contribution in [0.5, 0.6) is 0 Å². The zero-order valence-corrected chi connectivity index (χ0v) is 18.0. The van der Waals surface area contributed by atoms with Crippen LogP contribution in [0.3, 0.4) is 0 Å². The molecule has 1 fully saturated rings. The van der Waals surface area contributed by atoms with Gasteiger partial charge in [-0.25, -0.2) is 8.78 Å². The number of nitrogens with two attached hydrogens (primary N) is 1. The number of ether oxygens (including phenoxy) is 1. The summed E-state index contributed by atoms with van der Waals surface area (Å²) in [5, 5.41) is 1.99. The molecule has 13 heteroatoms. The van der Waals surface area contributed by atoms with Gasteiger partial charge in [-0.05, 0) is 24.1 Å². The van der Waals surface area contributed by atoms with Crippen LogP contribution in [-0.4, -0.2) is 67.9 Å². The lowest BCUT2D eigenvalue weighted by atomic mass is 10.1. The molecule has 33 heavy (non-hydrogen) atoms. The van der Waals surface area contributed by atoms with E-state index in [0.29, 0.717) is 6.07 Å². The van der Waals surface area contributed by atoms with Crippen molar-refractivity contribution in [3.05, 3.63) is 23.8 Å². The number of carbonyl (C=O) groups excluding carboxylic acids is 3. The molecule has 1 aliphatic rings. The highest BCUT2D eigenvalue weighted by Crippen LogP contribution is 2.37. The van der Waals surface area contributed by atoms with Crippen molar-refractivity contribution in [1.29, 1.82) is 0 Å². The molecule has 0 saturated carbocycles. The van der Waals surface area contributed by atoms with Crippen molar-refractivity contribution in [2.45, 2.75) is 32.5 Å². The average molecular weight is 480 g/mol. The third kappa shape index (κ3) is 7.09. The number of morpholine rings is 1. The van der Waals surface area contributed by atoms with Gasteiger partial charge in [0.15, 0.2) is 6.04 Å². The summed E-state index contributed by atoms with van der Waals surface area (Å²) in [6, 6.07) is 0.890. The number of carbonyl (C=O) groups is 3. The zero-order valence-electron chi connectivity index (χ0n) is 18.0. The van der Waals surface area contributed by atoms with Gasteiger partial charge in [0.25, 0.3) is 18.2 Å². The first-order valence-electron chi connectivity index (χ1n) is 10.0. The number of amides is 3. The summed E-state index contributed by atoms with van der Waals surface area (Å²) in [5.41, 5.74) is 3.20. The monoisotopic (exact) mass is 480 g/mol. The van der Waals surface area contributed by atoms with Crippen molar-refractivity contribution in [3.8, 4) is 0 Å². The van der Waals surface area contributed by atoms with E-state index in [-0.39, 0.29) is 37.9 Å². The molecule has 1 aromatic rings. The Bertz CT molecular complexity index is 869. The molecule has 0 unspecified atom stereocenters. The van der Waals surface area contributed by atoms with Gasteiger partial charge in [-0.1, -0.05) is 13.8 Å². The quantitative estimate of drug-likeness (QED) is 0.416. The maximum Gasteiger partial charge on any atom is 0.418 e. The van der Waals surface area contributed by atoms with Crippen LogP contribution < -0.4 is 16.0 Å². The first-order chi connectivity index (χ1) is 15.3. The van der Waals surface area contributed by atoms with E-state index in [0.717, 1.165) is 15.9 Å². The normalized spacial score (nSPS) is 15.9. The number of hydrogen-bond donors (Lipinski definition) is 2. The Balaban J connectivity index is 2.38. The number of halogens is 5. The minimum atomic E-state index is -4.93. The van der Waals surface area contributed by atoms with Crippen molar-refractivity contribution in [3.63, 3.8) is 0 Å². The molecule has 184 valence electrons. The number of nitrogens with zero attached hydrogens (tertiary/aromatic N) is 2. The Labute approximate surface area is 186 Å². The summed E-state index contributed by atoms with van der Waals surface area (Å²) in [7, 11) is 0. The molecule has 0 bridgehead atoms. The Morgan fingerprint density at radius 2 is 1.91 bits per heavy atom. The number of benzene rings is 1. The lowest BCUT2D eigenvalue weighted by Gasteiger charge is -2.30. The van der Waals surface area contributed by atoms with E-state index in [9.17, 15) is 36.3 Å². The first-order valence-corrected chi connectivity index (χ1v) is 10.0. The molecule has 1 saturated heterocycles. The van der Waals surface area contributed by atoms with Crippen LogP contribution in [0.25, 0.3) is 0 Å². The molecule has 3 N–H and O–H groups in total. The van der Waals surface area contributed by atoms with Gasteiger partial charge in [-0.3, -0.25) is 19.3 Å². The predicted molar refractivity (Wildman–Crippen MR) is 109 cm³/mol. The number of hydrogen-bond acceptors (Lipinski definition) is 5. The van der Waals surface area contributed by atoms with E-state index in [1.54, 1.807) is 13.8 Å². The molecule has 0 spiro atoms. The molecule has 0 aliphatic carbocycles. The van der Waals surface area contributed by atoms with Crippen molar-refractivity contribution in [2.75, 3.05) is 43.1 Å². The van der Waals surface area contributed by atoms with Crippen LogP contribution >= 0.6 is 0 Å². The molecule has 1 aromatic carbocycles. The average Bonchev–Trinajstić information content (AvgIpc) is 2.66. The number of anilines is 2. The lowest BCUT2D eigenvalue weighted by Crippen LogP contribution is -2.54. The van der Waals surface area contributed by atoms with E-state index < -0.39 is 54.2 Å². The topological polar surface area (TPSA) is 105 Å². The SMILES string of the molecule is CC(C)CN(CC(F)F)[C@H](C(N)=O)C(=O)Nc1ccc(N2CCOCC2=O)cc1C(F)(F)F. The van der Waals surface area contributed by atoms with Gasteiger partial charge in [0.2, 0.25) is 5.91 Å². The predicted octanol–water partition coefficient (Wildman–Crippen LogP) is 2.08. The Kier molecular flexibility index (Phi) is 8.72. The molecule has 0 aromatic heterocycles. The number of alkyl halides is 5. The van der Waals surface area contributed by atoms with E-state index in [4.69, 9.17) is 10.5 Å². The van der Waals surface area contributed by atoms with Gasteiger partial charge in [-0.2, -0.15) is 13.2 Å². The number of primary amides is 1. The minimum Gasteiger partial charge on any atom is -0.370 e. The molecule has 0 radical (unpaired) electrons. The highest BCUT2D eigenvalue weighted by atomic mass is 19.4. The van der Waals surface area contributed by atoms with E-state index in [1.165, 1.54) is 6.07 Å². The summed E-state index contributed by atoms with van der Waals surface area (Å²) in [6.07, 6.45) is -7.84. The van der Waals surface area contributed by atoms with E-state index >= 15 is 0 Å². The van der Waals surface area contributed by atoms with E-state index in [2.05, 4.69) is 0 Å². The highest BCUT2D eigenvalue weighted by molar-refractivity contribution is 6.10. The molecular formula is C20H25F5N4O4. The van der Waals surface area contributed by atoms with Crippen LogP contribution in [0, 0.1) is 5.92 Å². The van der Waals surface area contributed by atoms with Crippen LogP contribution in [0.2, 0.25) is 0 Å². The Morgan fingerprint density at radius 3 is 2.42 bits per heavy atom. The fraction of sp³-hybridized carbons (Fsp3) is 0.550. The summed E-state index contributed by atoms with van der Waals surface area (Å²) >= 11 is 0. The maximum atomic E-state index is 13.7. The molecule has 2 rings (SSSR count). The van der Waals surface area contributed by atoms with Gasteiger partial charge < -0.3 is 20.7 Å². The zero-order chi connectivity index (χ0) is 24.9. The van der Waals surface area contributed by atoms with Crippen LogP contribution in [0.4, 0.5) is 33.3 Å². The Hall–Kier alpha value is -2.80. The number of rotatable bonds is 9. The van der Waals surface area contributed by atoms with Crippen molar-refractivity contribution < 1.29 is 41.1 Å². The maximum absolute atomic E-state index is 13.7. The van der Waals surface area contributed by atoms with Crippen LogP contribution in [0.15, 0.2) is 18.2 Å². The highest BCUT2D eigenvalue weighted by Gasteiger charge is 2.38. The van der Waals surface area contributed by atoms with Crippen LogP contribution in [0.1, 0.15) is 19.4 Å². The van der Waals surface area contributed by atoms with E-state index in [1.807, 2.05) is 5.32 Å². The lowest BCUT2D eigenvalue weighted by molar-refractivity contribution is -0.137. The van der Waals surface area contributed by atoms with Crippen molar-refractivity contribution in [1.82, 2.24) is 4.90 Å². The van der Waals surface area contributed by atoms with Gasteiger partial charge in [0.05, 0.1) is 24.4 Å². The summed E-state index contributed by atoms with van der Waals surface area (Å²) in [4.78, 5) is 38.6. The largest absolute Gasteiger partial charge is 0.418 e. The standard InChI is InChI=1S/C20H25F5N4O4/c1-11(2)8-28(9-15(21)22)17(18(26)31)19(32)27-14-4-3-12(7-13(14)20(23,24)25)29-5-6-33-10-16(29)30/h3-4,7,11,15,17H,5-6,8-10H2,1-2H3,(H2,26,31)(H,27,32)/t17-/m1/s1. The third-order valence-electron chi connectivity index (χ3n) is 4.72. The summed E-state index contributed by atoms with van der Waals surface area (Å²) in [6.45, 7) is 2.13. The molecule has 8 nitrogen and oxygen atoms in total. The molecule has 1 aliphatic heterocycles. The molecule has 1 atom stereocenters. The summed E-state index contributed by atoms with van der Waals surface area (Å²) < 4.78 is 72.1. The van der Waals surface area contributed by atoms with Crippen molar-refractivity contribution in [2.24, 2.45) is 11.7 Å². The first kappa shape index (κ1) is 26.5. The fourth-order valence-electron chi connectivity index (χ4n) is 3.44. The molecule has 1 heterocycles. The Morgan fingerprint density at radius 1 is 1.24 bits per heavy atom. The fourth-order valence-corrected chi connectivity index (χ4v) is 3.44. The minimum absolute atomic E-state index is 0.0450. The van der Waals surface area contributed by atoms with Gasteiger partial charge in [0, 0.05) is 18.8 Å². The van der Waals surface area contributed by atoms with Crippen molar-refractivity contribution >= 4 is 29.1 Å². The molecular weight excluding hydrogens is 455 g/mol. The van der Waals surface area contributed by atoms with Gasteiger partial charge in [-0.15, -0.1) is 0 Å². The second kappa shape index (κ2) is 10.9. The van der Waals surface area contributed by atoms with Crippen LogP contribution in [-0.2, 0) is 25.3 Å². The summed E-state index contributed by atoms with van der Waals surface area (Å²) in [5.74, 6) is -3.33. The number of nitrogens with one attached hydrogen (secondary N) is 1. The third-order valence-corrected chi connectivity index (χ3v) is 4.72.